The minimum Gasteiger partial charge on any atom is -0.471 e. The van der Waals surface area contributed by atoms with Gasteiger partial charge in [0.05, 0.1) is 0 Å². The van der Waals surface area contributed by atoms with Gasteiger partial charge < -0.3 is 9.47 Å². The van der Waals surface area contributed by atoms with Crippen LogP contribution in [-0.4, -0.2) is 15.7 Å². The molecule has 5 heteroatoms. The van der Waals surface area contributed by atoms with E-state index in [0.717, 1.165) is 6.42 Å². The fourth-order valence-electron chi connectivity index (χ4n) is 1.87. The van der Waals surface area contributed by atoms with Gasteiger partial charge in [0.1, 0.15) is 5.76 Å². The summed E-state index contributed by atoms with van der Waals surface area (Å²) in [4.78, 5) is 15.2. The van der Waals surface area contributed by atoms with Crippen LogP contribution in [-0.2, 0) is 4.74 Å². The van der Waals surface area contributed by atoms with Gasteiger partial charge in [-0.05, 0) is 6.92 Å². The van der Waals surface area contributed by atoms with Crippen molar-refractivity contribution in [2.75, 3.05) is 0 Å². The first kappa shape index (κ1) is 8.52. The predicted octanol–water partition coefficient (Wildman–Crippen LogP) is 0.745. The number of aromatic nitrogens is 2. The zero-order valence-corrected chi connectivity index (χ0v) is 8.27. The normalized spacial score (nSPS) is 26.9. The van der Waals surface area contributed by atoms with Gasteiger partial charge in [-0.3, -0.25) is 9.36 Å². The van der Waals surface area contributed by atoms with Crippen LogP contribution in [0.4, 0.5) is 0 Å². The molecule has 0 amide bonds. The summed E-state index contributed by atoms with van der Waals surface area (Å²) < 4.78 is 12.7. The first-order chi connectivity index (χ1) is 7.15. The van der Waals surface area contributed by atoms with Gasteiger partial charge in [-0.2, -0.15) is 4.98 Å². The van der Waals surface area contributed by atoms with Crippen LogP contribution >= 0.6 is 0 Å². The lowest BCUT2D eigenvalue weighted by Gasteiger charge is -2.22. The Morgan fingerprint density at radius 3 is 3.20 bits per heavy atom. The molecule has 1 aromatic rings. The fraction of sp³-hybridized carbons (Fsp3) is 0.400. The zero-order valence-electron chi connectivity index (χ0n) is 8.27. The summed E-state index contributed by atoms with van der Waals surface area (Å²) in [6.07, 6.45) is 2.16. The van der Waals surface area contributed by atoms with Crippen LogP contribution < -0.4 is 10.3 Å². The van der Waals surface area contributed by atoms with E-state index in [4.69, 9.17) is 9.47 Å². The summed E-state index contributed by atoms with van der Waals surface area (Å²) in [6.45, 7) is 5.48. The van der Waals surface area contributed by atoms with Crippen molar-refractivity contribution in [3.8, 4) is 6.01 Å². The highest BCUT2D eigenvalue weighted by Crippen LogP contribution is 2.38. The maximum atomic E-state index is 11.3. The second-order valence-electron chi connectivity index (χ2n) is 3.80. The molecule has 2 atom stereocenters. The molecule has 0 N–H and O–H groups in total. The minimum atomic E-state index is -0.256. The molecule has 78 valence electrons. The average Bonchev–Trinajstić information content (AvgIpc) is 2.48. The molecule has 3 heterocycles. The topological polar surface area (TPSA) is 53.4 Å². The maximum Gasteiger partial charge on any atom is 0.303 e. The van der Waals surface area contributed by atoms with E-state index >= 15 is 0 Å². The lowest BCUT2D eigenvalue weighted by Crippen LogP contribution is -2.27. The molecule has 2 aliphatic heterocycles. The summed E-state index contributed by atoms with van der Waals surface area (Å²) >= 11 is 0. The Hall–Kier alpha value is -1.78. The van der Waals surface area contributed by atoms with Crippen LogP contribution in [0.1, 0.15) is 18.2 Å². The first-order valence-electron chi connectivity index (χ1n) is 4.77. The minimum absolute atomic E-state index is 0.127. The Labute approximate surface area is 86.0 Å². The Bertz CT molecular complexity index is 506. The molecule has 0 radical (unpaired) electrons. The van der Waals surface area contributed by atoms with E-state index in [1.54, 1.807) is 17.7 Å². The van der Waals surface area contributed by atoms with Crippen molar-refractivity contribution in [3.05, 3.63) is 34.5 Å². The van der Waals surface area contributed by atoms with Gasteiger partial charge in [0.2, 0.25) is 0 Å². The standard InChI is InChI=1S/C10H10N2O3/c1-5-4-12-8-3-7(6(2)14-8)15-10(12)11-9(5)13/h4,7-8H,2-3H2,1H3/t7-,8-/m1/s1. The predicted molar refractivity (Wildman–Crippen MR) is 51.5 cm³/mol. The summed E-state index contributed by atoms with van der Waals surface area (Å²) in [5.74, 6) is 0.607. The molecule has 0 unspecified atom stereocenters. The monoisotopic (exact) mass is 206 g/mol. The van der Waals surface area contributed by atoms with Crippen molar-refractivity contribution in [1.29, 1.82) is 0 Å². The summed E-state index contributed by atoms with van der Waals surface area (Å²) in [5.41, 5.74) is 0.329. The lowest BCUT2D eigenvalue weighted by atomic mass is 10.2. The molecule has 15 heavy (non-hydrogen) atoms. The van der Waals surface area contributed by atoms with Crippen LogP contribution in [0.15, 0.2) is 23.3 Å². The number of rotatable bonds is 0. The fourth-order valence-corrected chi connectivity index (χ4v) is 1.87. The third-order valence-electron chi connectivity index (χ3n) is 2.71. The number of nitrogens with zero attached hydrogens (tertiary/aromatic N) is 2. The van der Waals surface area contributed by atoms with Gasteiger partial charge in [0, 0.05) is 18.2 Å². The molecule has 0 saturated carbocycles. The highest BCUT2D eigenvalue weighted by atomic mass is 16.6. The van der Waals surface area contributed by atoms with Crippen LogP contribution in [0.5, 0.6) is 6.01 Å². The number of ether oxygens (including phenoxy) is 2. The summed E-state index contributed by atoms with van der Waals surface area (Å²) in [6, 6.07) is 0.325. The molecular formula is C10H10N2O3. The van der Waals surface area contributed by atoms with Crippen molar-refractivity contribution < 1.29 is 9.47 Å². The van der Waals surface area contributed by atoms with Gasteiger partial charge in [-0.15, -0.1) is 0 Å². The van der Waals surface area contributed by atoms with Crippen molar-refractivity contribution in [1.82, 2.24) is 9.55 Å². The molecule has 1 fully saturated rings. The molecule has 1 saturated heterocycles. The quantitative estimate of drug-likeness (QED) is 0.628. The first-order valence-corrected chi connectivity index (χ1v) is 4.77. The Morgan fingerprint density at radius 2 is 2.40 bits per heavy atom. The van der Waals surface area contributed by atoms with Gasteiger partial charge in [0.15, 0.2) is 12.3 Å². The lowest BCUT2D eigenvalue weighted by molar-refractivity contribution is 0.0807. The molecule has 3 rings (SSSR count). The molecule has 0 spiro atoms. The Balaban J connectivity index is 2.18. The Kier molecular flexibility index (Phi) is 1.49. The van der Waals surface area contributed by atoms with E-state index in [1.165, 1.54) is 0 Å². The summed E-state index contributed by atoms with van der Waals surface area (Å²) in [5, 5.41) is 0. The van der Waals surface area contributed by atoms with Crippen LogP contribution in [0.3, 0.4) is 0 Å². The molecule has 5 nitrogen and oxygen atoms in total. The van der Waals surface area contributed by atoms with E-state index in [0.29, 0.717) is 17.3 Å². The van der Waals surface area contributed by atoms with Gasteiger partial charge in [-0.1, -0.05) is 6.58 Å². The summed E-state index contributed by atoms with van der Waals surface area (Å²) in [7, 11) is 0. The van der Waals surface area contributed by atoms with Crippen molar-refractivity contribution in [3.63, 3.8) is 0 Å². The van der Waals surface area contributed by atoms with Gasteiger partial charge in [-0.25, -0.2) is 0 Å². The number of hydrogen-bond acceptors (Lipinski definition) is 4. The number of aryl methyl sites for hydroxylation is 1. The highest BCUT2D eigenvalue weighted by Gasteiger charge is 2.39. The van der Waals surface area contributed by atoms with Gasteiger partial charge in [0.25, 0.3) is 5.56 Å². The molecule has 2 aliphatic rings. The molecular weight excluding hydrogens is 196 g/mol. The van der Waals surface area contributed by atoms with Crippen LogP contribution in [0.2, 0.25) is 0 Å². The van der Waals surface area contributed by atoms with Crippen LogP contribution in [0, 0.1) is 6.92 Å². The molecule has 1 aromatic heterocycles. The Morgan fingerprint density at radius 1 is 1.60 bits per heavy atom. The molecule has 2 bridgehead atoms. The second-order valence-corrected chi connectivity index (χ2v) is 3.80. The average molecular weight is 206 g/mol. The van der Waals surface area contributed by atoms with Crippen molar-refractivity contribution >= 4 is 0 Å². The number of fused-ring (bicyclic) bond motifs is 4. The van der Waals surface area contributed by atoms with E-state index in [9.17, 15) is 4.79 Å². The third-order valence-corrected chi connectivity index (χ3v) is 2.71. The molecule has 0 aromatic carbocycles. The third kappa shape index (κ3) is 1.09. The smallest absolute Gasteiger partial charge is 0.303 e. The van der Waals surface area contributed by atoms with Gasteiger partial charge >= 0.3 is 6.01 Å². The van der Waals surface area contributed by atoms with Crippen molar-refractivity contribution in [2.45, 2.75) is 25.7 Å². The maximum absolute atomic E-state index is 11.3. The van der Waals surface area contributed by atoms with Crippen LogP contribution in [0.25, 0.3) is 0 Å². The van der Waals surface area contributed by atoms with Crippen molar-refractivity contribution in [2.24, 2.45) is 0 Å². The SMILES string of the molecule is C=C1O[C@@H]2C[C@H]1Oc1nc(=O)c(C)cn12. The molecule has 0 aliphatic carbocycles. The van der Waals surface area contributed by atoms with E-state index in [-0.39, 0.29) is 17.9 Å². The largest absolute Gasteiger partial charge is 0.471 e. The van der Waals surface area contributed by atoms with E-state index in [2.05, 4.69) is 11.6 Å². The van der Waals surface area contributed by atoms with E-state index < -0.39 is 0 Å². The van der Waals surface area contributed by atoms with E-state index in [1.807, 2.05) is 0 Å². The zero-order chi connectivity index (χ0) is 10.6. The second kappa shape index (κ2) is 2.62. The number of hydrogen-bond donors (Lipinski definition) is 0. The highest BCUT2D eigenvalue weighted by molar-refractivity contribution is 5.16.